The number of methoxy groups -OCH3 is 1. The van der Waals surface area contributed by atoms with Crippen molar-refractivity contribution < 1.29 is 49.5 Å². The molecule has 0 unspecified atom stereocenters. The van der Waals surface area contributed by atoms with Crippen LogP contribution in [0.4, 0.5) is 27.6 Å². The van der Waals surface area contributed by atoms with Gasteiger partial charge in [-0.15, -0.1) is 11.6 Å². The highest BCUT2D eigenvalue weighted by atomic mass is 35.5. The van der Waals surface area contributed by atoms with Crippen LogP contribution in [0.25, 0.3) is 0 Å². The van der Waals surface area contributed by atoms with Gasteiger partial charge in [-0.3, -0.25) is 9.69 Å². The predicted octanol–water partition coefficient (Wildman–Crippen LogP) is 5.45. The second-order valence-corrected chi connectivity index (χ2v) is 12.2. The van der Waals surface area contributed by atoms with Crippen LogP contribution in [0.5, 0.6) is 5.88 Å². The maximum absolute atomic E-state index is 13.1. The van der Waals surface area contributed by atoms with E-state index in [1.165, 1.54) is 13.8 Å². The fourth-order valence-corrected chi connectivity index (χ4v) is 5.88. The molecule has 0 aliphatic carbocycles. The van der Waals surface area contributed by atoms with Crippen molar-refractivity contribution in [2.45, 2.75) is 71.1 Å². The number of aryl methyl sites for hydroxylation is 3. The standard InChI is InChI=1S/C14H20ClNO2.C12H14F5N3O4S/c1-4-11-7-6-8-12(5-2)14(11)16(10-18-3)13(17)9-15;1-11(2)4-7(19-24-11)25(21,22)5-6-8(12(15,16)17)18-20(3)9(6)23-10(13)14/h6-8H,4-5,9-10H2,1-3H3;10H,4-5H2,1-3H3. The number of alkyl halides is 6. The van der Waals surface area contributed by atoms with Gasteiger partial charge in [-0.1, -0.05) is 37.2 Å². The van der Waals surface area contributed by atoms with Crippen molar-refractivity contribution in [2.75, 3.05) is 24.6 Å². The maximum Gasteiger partial charge on any atom is 0.435 e. The number of carbonyl (C=O) groups is 1. The zero-order valence-electron chi connectivity index (χ0n) is 24.5. The van der Waals surface area contributed by atoms with Gasteiger partial charge in [0.2, 0.25) is 11.8 Å². The fraction of sp³-hybridized carbons (Fsp3) is 0.577. The van der Waals surface area contributed by atoms with Crippen LogP contribution in [0.15, 0.2) is 23.4 Å². The Balaban J connectivity index is 0.000000317. The van der Waals surface area contributed by atoms with Gasteiger partial charge in [0.05, 0.1) is 17.0 Å². The Morgan fingerprint density at radius 1 is 1.21 bits per heavy atom. The first-order chi connectivity index (χ1) is 19.9. The molecule has 1 aliphatic heterocycles. The van der Waals surface area contributed by atoms with Crippen molar-refractivity contribution >= 4 is 38.1 Å². The number of sulfone groups is 1. The van der Waals surface area contributed by atoms with Crippen LogP contribution >= 0.6 is 11.6 Å². The quantitative estimate of drug-likeness (QED) is 0.189. The maximum atomic E-state index is 13.1. The molecule has 0 atom stereocenters. The Morgan fingerprint density at radius 3 is 2.21 bits per heavy atom. The van der Waals surface area contributed by atoms with Crippen molar-refractivity contribution in [3.8, 4) is 5.88 Å². The van der Waals surface area contributed by atoms with Gasteiger partial charge in [0.25, 0.3) is 0 Å². The number of carbonyl (C=O) groups excluding carboxylic acids is 1. The van der Waals surface area contributed by atoms with Crippen LogP contribution in [0, 0.1) is 0 Å². The Kier molecular flexibility index (Phi) is 12.3. The van der Waals surface area contributed by atoms with Crippen molar-refractivity contribution in [1.82, 2.24) is 9.78 Å². The highest BCUT2D eigenvalue weighted by Crippen LogP contribution is 2.38. The summed E-state index contributed by atoms with van der Waals surface area (Å²) < 4.78 is 98.5. The summed E-state index contributed by atoms with van der Waals surface area (Å²) in [6.45, 7) is 4.01. The first-order valence-electron chi connectivity index (χ1n) is 12.9. The number of hydrogen-bond donors (Lipinski definition) is 0. The van der Waals surface area contributed by atoms with Crippen molar-refractivity contribution in [3.05, 3.63) is 40.6 Å². The van der Waals surface area contributed by atoms with E-state index < -0.39 is 56.2 Å². The number of halogens is 6. The highest BCUT2D eigenvalue weighted by molar-refractivity contribution is 8.05. The topological polar surface area (TPSA) is 112 Å². The first-order valence-corrected chi connectivity index (χ1v) is 15.1. The van der Waals surface area contributed by atoms with E-state index in [1.54, 1.807) is 12.0 Å². The zero-order chi connectivity index (χ0) is 32.8. The second kappa shape index (κ2) is 14.7. The molecule has 0 saturated carbocycles. The lowest BCUT2D eigenvalue weighted by molar-refractivity contribution is -0.142. The molecular formula is C26H34ClF5N4O6S. The lowest BCUT2D eigenvalue weighted by Crippen LogP contribution is -2.35. The van der Waals surface area contributed by atoms with Crippen LogP contribution in [0.3, 0.4) is 0 Å². The van der Waals surface area contributed by atoms with Crippen molar-refractivity contribution in [1.29, 1.82) is 0 Å². The highest BCUT2D eigenvalue weighted by Gasteiger charge is 2.43. The molecule has 1 aromatic heterocycles. The van der Waals surface area contributed by atoms with Gasteiger partial charge >= 0.3 is 12.8 Å². The Labute approximate surface area is 251 Å². The number of para-hydroxylation sites is 1. The van der Waals surface area contributed by atoms with Gasteiger partial charge in [-0.2, -0.15) is 27.1 Å². The summed E-state index contributed by atoms with van der Waals surface area (Å²) in [6, 6.07) is 6.11. The number of benzene rings is 1. The molecule has 2 aromatic rings. The average Bonchev–Trinajstić information content (AvgIpc) is 3.45. The van der Waals surface area contributed by atoms with E-state index in [0.717, 1.165) is 36.7 Å². The molecule has 0 fully saturated rings. The smallest absolute Gasteiger partial charge is 0.417 e. The lowest BCUT2D eigenvalue weighted by atomic mass is 10.0. The molecule has 17 heteroatoms. The molecule has 10 nitrogen and oxygen atoms in total. The Hall–Kier alpha value is -2.98. The van der Waals surface area contributed by atoms with Crippen LogP contribution in [-0.4, -0.2) is 61.1 Å². The molecular weight excluding hydrogens is 627 g/mol. The number of hydrogen-bond acceptors (Lipinski definition) is 8. The molecule has 1 aromatic carbocycles. The van der Waals surface area contributed by atoms with Gasteiger partial charge in [-0.25, -0.2) is 13.1 Å². The monoisotopic (exact) mass is 660 g/mol. The summed E-state index contributed by atoms with van der Waals surface area (Å²) in [5.41, 5.74) is -0.326. The number of ether oxygens (including phenoxy) is 2. The molecule has 0 saturated heterocycles. The molecule has 0 bridgehead atoms. The SMILES string of the molecule is CCc1cccc(CC)c1N(COC)C(=O)CCl.Cn1nc(C(F)(F)F)c(CS(=O)(=O)C2=NOC(C)(C)C2)c1OC(F)F. The minimum atomic E-state index is -5.06. The molecule has 0 radical (unpaired) electrons. The number of aromatic nitrogens is 2. The fourth-order valence-electron chi connectivity index (χ4n) is 4.21. The lowest BCUT2D eigenvalue weighted by Gasteiger charge is -2.26. The third kappa shape index (κ3) is 9.25. The van der Waals surface area contributed by atoms with Gasteiger partial charge in [0.15, 0.2) is 20.6 Å². The summed E-state index contributed by atoms with van der Waals surface area (Å²) in [6.07, 6.45) is -3.47. The van der Waals surface area contributed by atoms with Gasteiger partial charge in [-0.05, 0) is 37.8 Å². The number of amides is 1. The van der Waals surface area contributed by atoms with Crippen LogP contribution < -0.4 is 9.64 Å². The average molecular weight is 661 g/mol. The van der Waals surface area contributed by atoms with E-state index in [4.69, 9.17) is 21.2 Å². The molecule has 2 heterocycles. The Bertz CT molecular complexity index is 1390. The minimum Gasteiger partial charge on any atom is -0.417 e. The van der Waals surface area contributed by atoms with Crippen molar-refractivity contribution in [2.24, 2.45) is 12.2 Å². The summed E-state index contributed by atoms with van der Waals surface area (Å²) in [7, 11) is -1.85. The zero-order valence-corrected chi connectivity index (χ0v) is 26.0. The normalized spacial score (nSPS) is 14.6. The molecule has 0 N–H and O–H groups in total. The molecule has 242 valence electrons. The molecule has 3 rings (SSSR count). The number of rotatable bonds is 10. The van der Waals surface area contributed by atoms with E-state index in [-0.39, 0.29) is 24.9 Å². The third-order valence-electron chi connectivity index (χ3n) is 6.13. The van der Waals surface area contributed by atoms with Crippen LogP contribution in [0.2, 0.25) is 0 Å². The van der Waals surface area contributed by atoms with E-state index in [2.05, 4.69) is 28.8 Å². The van der Waals surface area contributed by atoms with Gasteiger partial charge in [0.1, 0.15) is 18.2 Å². The second-order valence-electron chi connectivity index (χ2n) is 9.91. The summed E-state index contributed by atoms with van der Waals surface area (Å²) in [5, 5.41) is 5.97. The molecule has 1 amide bonds. The van der Waals surface area contributed by atoms with Crippen molar-refractivity contribution in [3.63, 3.8) is 0 Å². The minimum absolute atomic E-state index is 0.0371. The molecule has 1 aliphatic rings. The van der Waals surface area contributed by atoms with Crippen LogP contribution in [-0.2, 0) is 56.0 Å². The van der Waals surface area contributed by atoms with Gasteiger partial charge in [0, 0.05) is 20.6 Å². The van der Waals surface area contributed by atoms with E-state index in [1.807, 2.05) is 18.2 Å². The van der Waals surface area contributed by atoms with E-state index in [9.17, 15) is 35.2 Å². The van der Waals surface area contributed by atoms with E-state index >= 15 is 0 Å². The third-order valence-corrected chi connectivity index (χ3v) is 7.96. The Morgan fingerprint density at radius 2 is 1.79 bits per heavy atom. The van der Waals surface area contributed by atoms with Crippen LogP contribution in [0.1, 0.15) is 56.5 Å². The summed E-state index contributed by atoms with van der Waals surface area (Å²) in [4.78, 5) is 18.5. The summed E-state index contributed by atoms with van der Waals surface area (Å²) in [5.74, 6) is -2.40. The number of oxime groups is 1. The van der Waals surface area contributed by atoms with Gasteiger partial charge < -0.3 is 14.3 Å². The number of nitrogens with zero attached hydrogens (tertiary/aromatic N) is 4. The summed E-state index contributed by atoms with van der Waals surface area (Å²) >= 11 is 5.68. The molecule has 0 spiro atoms. The first kappa shape index (κ1) is 36.2. The predicted molar refractivity (Wildman–Crippen MR) is 150 cm³/mol. The van der Waals surface area contributed by atoms with E-state index in [0.29, 0.717) is 4.68 Å². The largest absolute Gasteiger partial charge is 0.435 e. The number of anilines is 1. The molecule has 43 heavy (non-hydrogen) atoms.